The van der Waals surface area contributed by atoms with Gasteiger partial charge in [-0.2, -0.15) is 0 Å². The van der Waals surface area contributed by atoms with Gasteiger partial charge in [-0.1, -0.05) is 0 Å². The summed E-state index contributed by atoms with van der Waals surface area (Å²) >= 11 is 0. The number of primary amides is 1. The summed E-state index contributed by atoms with van der Waals surface area (Å²) in [6, 6.07) is 2.97. The molecule has 2 aromatic rings. The van der Waals surface area contributed by atoms with Gasteiger partial charge in [-0.05, 0) is 56.5 Å². The zero-order valence-electron chi connectivity index (χ0n) is 20.5. The Morgan fingerprint density at radius 3 is 2.44 bits per heavy atom. The van der Waals surface area contributed by atoms with E-state index < -0.39 is 46.7 Å². The van der Waals surface area contributed by atoms with E-state index in [2.05, 4.69) is 4.98 Å². The minimum absolute atomic E-state index is 0.156. The van der Waals surface area contributed by atoms with E-state index in [0.29, 0.717) is 29.9 Å². The highest BCUT2D eigenvalue weighted by Crippen LogP contribution is 2.51. The lowest BCUT2D eigenvalue weighted by Crippen LogP contribution is -2.55. The molecular weight excluding hydrogens is 464 g/mol. The van der Waals surface area contributed by atoms with Crippen molar-refractivity contribution in [3.8, 4) is 11.5 Å². The van der Waals surface area contributed by atoms with E-state index in [1.54, 1.807) is 25.1 Å². The highest BCUT2D eigenvalue weighted by Gasteiger charge is 2.55. The summed E-state index contributed by atoms with van der Waals surface area (Å²) in [5, 5.41) is 22.4. The summed E-state index contributed by atoms with van der Waals surface area (Å²) in [4.78, 5) is 47.2. The number of carbonyl (C=O) groups excluding carboxylic acids is 3. The molecule has 0 aliphatic heterocycles. The fourth-order valence-corrected chi connectivity index (χ4v) is 6.22. The maximum atomic E-state index is 13.9. The largest absolute Gasteiger partial charge is 0.510 e. The predicted molar refractivity (Wildman–Crippen MR) is 131 cm³/mol. The number of fused-ring (bicyclic) bond motifs is 3. The zero-order valence-corrected chi connectivity index (χ0v) is 20.5. The van der Waals surface area contributed by atoms with Gasteiger partial charge in [-0.3, -0.25) is 19.3 Å². The lowest BCUT2D eigenvalue weighted by Gasteiger charge is -2.46. The second-order valence-corrected chi connectivity index (χ2v) is 10.0. The first kappa shape index (κ1) is 23.8. The fraction of sp³-hybridized carbons (Fsp3) is 0.385. The number of aromatic nitrogens is 1. The second kappa shape index (κ2) is 8.34. The number of amides is 1. The van der Waals surface area contributed by atoms with Crippen LogP contribution in [-0.4, -0.2) is 71.8 Å². The number of benzene rings is 1. The van der Waals surface area contributed by atoms with Crippen LogP contribution in [0.25, 0.3) is 17.2 Å². The molecule has 36 heavy (non-hydrogen) atoms. The minimum atomic E-state index is -1.23. The average molecular weight is 493 g/mol. The highest BCUT2D eigenvalue weighted by molar-refractivity contribution is 6.28. The van der Waals surface area contributed by atoms with E-state index in [-0.39, 0.29) is 17.3 Å². The molecule has 1 fully saturated rings. The van der Waals surface area contributed by atoms with Gasteiger partial charge in [0, 0.05) is 36.5 Å². The van der Waals surface area contributed by atoms with E-state index >= 15 is 0 Å². The molecule has 10 heteroatoms. The number of rotatable bonds is 4. The van der Waals surface area contributed by atoms with Crippen LogP contribution < -0.4 is 10.6 Å². The Morgan fingerprint density at radius 1 is 1.14 bits per heavy atom. The van der Waals surface area contributed by atoms with Crippen LogP contribution in [0.3, 0.4) is 0 Å². The van der Waals surface area contributed by atoms with Crippen molar-refractivity contribution < 1.29 is 29.0 Å². The second-order valence-electron chi connectivity index (χ2n) is 10.0. The van der Waals surface area contributed by atoms with Gasteiger partial charge in [0.05, 0.1) is 18.2 Å². The van der Waals surface area contributed by atoms with Crippen LogP contribution in [-0.2, 0) is 20.8 Å². The number of hydrogen-bond donors (Lipinski definition) is 3. The van der Waals surface area contributed by atoms with Crippen molar-refractivity contribution >= 4 is 28.9 Å². The Balaban J connectivity index is 1.72. The summed E-state index contributed by atoms with van der Waals surface area (Å²) in [6.07, 6.45) is 3.73. The van der Waals surface area contributed by atoms with Crippen molar-refractivity contribution in [2.45, 2.75) is 18.9 Å². The molecule has 10 nitrogen and oxygen atoms in total. The number of carbonyl (C=O) groups is 3. The molecule has 3 aliphatic carbocycles. The lowest BCUT2D eigenvalue weighted by atomic mass is 9.59. The van der Waals surface area contributed by atoms with E-state index in [1.807, 2.05) is 25.1 Å². The third-order valence-electron chi connectivity index (χ3n) is 7.59. The highest BCUT2D eigenvalue weighted by atomic mass is 16.3. The third-order valence-corrected chi connectivity index (χ3v) is 7.59. The van der Waals surface area contributed by atoms with Gasteiger partial charge in [-0.15, -0.1) is 0 Å². The molecule has 3 aliphatic rings. The van der Waals surface area contributed by atoms with Gasteiger partial charge >= 0.3 is 0 Å². The normalized spacial score (nSPS) is 25.6. The maximum Gasteiger partial charge on any atom is 0.255 e. The fourth-order valence-electron chi connectivity index (χ4n) is 6.22. The number of allylic oxidation sites excluding steroid dienone is 1. The molecule has 0 saturated heterocycles. The Morgan fingerprint density at radius 2 is 1.86 bits per heavy atom. The molecule has 1 heterocycles. The first-order valence-electron chi connectivity index (χ1n) is 11.7. The van der Waals surface area contributed by atoms with Crippen molar-refractivity contribution in [2.75, 3.05) is 33.1 Å². The number of aliphatic hydroxyl groups excluding tert-OH is 2. The van der Waals surface area contributed by atoms with Crippen LogP contribution in [0.5, 0.6) is 0 Å². The number of oxazole rings is 1. The van der Waals surface area contributed by atoms with Crippen LogP contribution >= 0.6 is 0 Å². The van der Waals surface area contributed by atoms with Crippen molar-refractivity contribution in [3.05, 3.63) is 52.6 Å². The standard InChI is InChI=1S/C26H28N4O6/c1-29(2)15-6-5-12(26-28-7-8-36-26)17-13(15)9-11-10-14-18(22(32)16(11)21(17)31)23(33)19(25(27)35)24(34)20(14)30(3)4/h5-8,11,14,18,20,31,34H,9-10H2,1-4H3,(H2,27,35)/t11?,14?,18?,20-/m0/s1. The number of anilines is 1. The molecular formula is C26H28N4O6. The Labute approximate surface area is 207 Å². The third kappa shape index (κ3) is 3.28. The molecule has 4 N–H and O–H groups in total. The molecule has 1 saturated carbocycles. The van der Waals surface area contributed by atoms with E-state index in [4.69, 9.17) is 10.2 Å². The number of aliphatic hydroxyl groups is 2. The number of nitrogens with two attached hydrogens (primary N) is 1. The van der Waals surface area contributed by atoms with Crippen LogP contribution in [0.2, 0.25) is 0 Å². The molecule has 5 rings (SSSR count). The molecule has 188 valence electrons. The average Bonchev–Trinajstić information content (AvgIpc) is 3.32. The SMILES string of the molecule is CN(C)c1ccc(-c2ncco2)c2c1CC1CC3C(C(=O)C(C(N)=O)=C(O)[C@H]3N(C)C)C(=O)C1=C2O. The summed E-state index contributed by atoms with van der Waals surface area (Å²) in [5.74, 6) is -4.93. The van der Waals surface area contributed by atoms with E-state index in [0.717, 1.165) is 11.3 Å². The smallest absolute Gasteiger partial charge is 0.255 e. The van der Waals surface area contributed by atoms with Crippen molar-refractivity contribution in [1.82, 2.24) is 9.88 Å². The van der Waals surface area contributed by atoms with Crippen molar-refractivity contribution in [1.29, 1.82) is 0 Å². The van der Waals surface area contributed by atoms with Gasteiger partial charge in [0.15, 0.2) is 11.6 Å². The summed E-state index contributed by atoms with van der Waals surface area (Å²) in [5.41, 5.74) is 7.74. The number of ketones is 2. The van der Waals surface area contributed by atoms with E-state index in [1.165, 1.54) is 12.5 Å². The summed E-state index contributed by atoms with van der Waals surface area (Å²) in [6.45, 7) is 0. The van der Waals surface area contributed by atoms with Gasteiger partial charge in [0.1, 0.15) is 23.4 Å². The predicted octanol–water partition coefficient (Wildman–Crippen LogP) is 1.86. The van der Waals surface area contributed by atoms with Gasteiger partial charge in [0.2, 0.25) is 5.89 Å². The Hall–Kier alpha value is -3.92. The summed E-state index contributed by atoms with van der Waals surface area (Å²) in [7, 11) is 7.22. The molecule has 0 radical (unpaired) electrons. The first-order chi connectivity index (χ1) is 17.0. The van der Waals surface area contributed by atoms with Gasteiger partial charge in [-0.25, -0.2) is 4.98 Å². The summed E-state index contributed by atoms with van der Waals surface area (Å²) < 4.78 is 5.50. The lowest BCUT2D eigenvalue weighted by molar-refractivity contribution is -0.136. The van der Waals surface area contributed by atoms with Crippen molar-refractivity contribution in [2.24, 2.45) is 23.5 Å². The van der Waals surface area contributed by atoms with Crippen LogP contribution in [0, 0.1) is 17.8 Å². The van der Waals surface area contributed by atoms with Crippen LogP contribution in [0.4, 0.5) is 5.69 Å². The van der Waals surface area contributed by atoms with Crippen LogP contribution in [0.1, 0.15) is 17.5 Å². The number of nitrogens with zero attached hydrogens (tertiary/aromatic N) is 3. The molecule has 0 bridgehead atoms. The van der Waals surface area contributed by atoms with Crippen LogP contribution in [0.15, 0.2) is 45.9 Å². The molecule has 1 amide bonds. The van der Waals surface area contributed by atoms with Gasteiger partial charge < -0.3 is 25.3 Å². The Kier molecular flexibility index (Phi) is 5.51. The minimum Gasteiger partial charge on any atom is -0.510 e. The molecule has 3 unspecified atom stereocenters. The number of hydrogen-bond acceptors (Lipinski definition) is 9. The molecule has 1 aromatic carbocycles. The molecule has 4 atom stereocenters. The number of likely N-dealkylation sites (N-methyl/N-ethyl adjacent to an activating group) is 1. The topological polar surface area (TPSA) is 150 Å². The number of Topliss-reactive ketones (excluding diaryl/α,β-unsaturated/α-hetero) is 2. The quantitative estimate of drug-likeness (QED) is 0.429. The zero-order chi connectivity index (χ0) is 26.0. The maximum absolute atomic E-state index is 13.9. The monoisotopic (exact) mass is 492 g/mol. The van der Waals surface area contributed by atoms with Gasteiger partial charge in [0.25, 0.3) is 5.91 Å². The van der Waals surface area contributed by atoms with E-state index in [9.17, 15) is 24.6 Å². The first-order valence-corrected chi connectivity index (χ1v) is 11.7. The Bertz CT molecular complexity index is 1350. The van der Waals surface area contributed by atoms with Crippen molar-refractivity contribution in [3.63, 3.8) is 0 Å². The molecule has 1 aromatic heterocycles. The molecule has 0 spiro atoms.